The smallest absolute Gasteiger partial charge is 0.0211 e. The quantitative estimate of drug-likeness (QED) is 0.870. The Morgan fingerprint density at radius 2 is 1.62 bits per heavy atom. The summed E-state index contributed by atoms with van der Waals surface area (Å²) < 4.78 is 0. The van der Waals surface area contributed by atoms with Crippen LogP contribution in [0, 0.1) is 13.8 Å². The van der Waals surface area contributed by atoms with Crippen molar-refractivity contribution in [3.8, 4) is 0 Å². The third-order valence-corrected chi connectivity index (χ3v) is 4.82. The minimum Gasteiger partial charge on any atom is -0.309 e. The Hall–Kier alpha value is -1.60. The highest BCUT2D eigenvalue weighted by atomic mass is 14.8. The van der Waals surface area contributed by atoms with Crippen LogP contribution in [0.2, 0.25) is 0 Å². The molecule has 1 nitrogen and oxygen atoms in total. The van der Waals surface area contributed by atoms with Gasteiger partial charge in [-0.05, 0) is 72.9 Å². The van der Waals surface area contributed by atoms with Crippen molar-refractivity contribution in [2.75, 3.05) is 0 Å². The summed E-state index contributed by atoms with van der Waals surface area (Å²) in [5.74, 6) is 0. The highest BCUT2D eigenvalue weighted by Gasteiger charge is 2.13. The highest BCUT2D eigenvalue weighted by Crippen LogP contribution is 2.26. The lowest BCUT2D eigenvalue weighted by molar-refractivity contribution is 0.665. The van der Waals surface area contributed by atoms with Crippen LogP contribution < -0.4 is 5.32 Å². The predicted molar refractivity (Wildman–Crippen MR) is 89.5 cm³/mol. The molecule has 1 heteroatoms. The summed E-state index contributed by atoms with van der Waals surface area (Å²) in [6.07, 6.45) is 5.26. The monoisotopic (exact) mass is 279 g/mol. The van der Waals surface area contributed by atoms with Gasteiger partial charge in [0.15, 0.2) is 0 Å². The molecule has 0 radical (unpaired) electrons. The Morgan fingerprint density at radius 1 is 0.857 bits per heavy atom. The average Bonchev–Trinajstić information content (AvgIpc) is 2.52. The molecular formula is C20H25N. The van der Waals surface area contributed by atoms with Crippen molar-refractivity contribution >= 4 is 0 Å². The molecule has 2 aromatic rings. The van der Waals surface area contributed by atoms with Crippen molar-refractivity contribution in [3.63, 3.8) is 0 Å². The van der Waals surface area contributed by atoms with E-state index in [1.807, 2.05) is 0 Å². The van der Waals surface area contributed by atoms with Gasteiger partial charge in [-0.15, -0.1) is 0 Å². The van der Waals surface area contributed by atoms with Gasteiger partial charge in [-0.3, -0.25) is 0 Å². The highest BCUT2D eigenvalue weighted by molar-refractivity contribution is 5.41. The van der Waals surface area contributed by atoms with Crippen LogP contribution in [0.5, 0.6) is 0 Å². The number of benzene rings is 2. The zero-order chi connectivity index (χ0) is 14.7. The lowest BCUT2D eigenvalue weighted by atomic mass is 9.86. The number of hydrogen-bond donors (Lipinski definition) is 1. The summed E-state index contributed by atoms with van der Waals surface area (Å²) in [6.45, 7) is 6.40. The standard InChI is InChI=1S/C20H25N/c1-15-7-3-4-9-18(15)13-21-14-19-12-11-17-8-5-6-10-20(17)16(19)2/h3-4,7,9,11-12,21H,5-6,8,10,13-14H2,1-2H3. The topological polar surface area (TPSA) is 12.0 Å². The molecule has 1 N–H and O–H groups in total. The molecule has 0 aromatic heterocycles. The number of aryl methyl sites for hydroxylation is 2. The Kier molecular flexibility index (Phi) is 4.40. The number of hydrogen-bond acceptors (Lipinski definition) is 1. The van der Waals surface area contributed by atoms with Crippen LogP contribution in [0.15, 0.2) is 36.4 Å². The molecule has 110 valence electrons. The fourth-order valence-electron chi connectivity index (χ4n) is 3.39. The zero-order valence-corrected chi connectivity index (χ0v) is 13.2. The molecule has 0 saturated carbocycles. The van der Waals surface area contributed by atoms with Gasteiger partial charge in [0, 0.05) is 13.1 Å². The Labute approximate surface area is 128 Å². The Balaban J connectivity index is 1.67. The number of nitrogens with one attached hydrogen (secondary N) is 1. The normalized spacial score (nSPS) is 14.0. The van der Waals surface area contributed by atoms with E-state index in [9.17, 15) is 0 Å². The Bertz CT molecular complexity index is 628. The fraction of sp³-hybridized carbons (Fsp3) is 0.400. The second-order valence-electron chi connectivity index (χ2n) is 6.22. The van der Waals surface area contributed by atoms with Crippen LogP contribution in [-0.4, -0.2) is 0 Å². The van der Waals surface area contributed by atoms with Gasteiger partial charge in [0.05, 0.1) is 0 Å². The van der Waals surface area contributed by atoms with Crippen molar-refractivity contribution in [1.82, 2.24) is 5.32 Å². The number of fused-ring (bicyclic) bond motifs is 1. The minimum absolute atomic E-state index is 0.948. The number of rotatable bonds is 4. The maximum absolute atomic E-state index is 3.61. The molecule has 0 heterocycles. The molecule has 0 fully saturated rings. The summed E-state index contributed by atoms with van der Waals surface area (Å²) in [7, 11) is 0. The van der Waals surface area contributed by atoms with Crippen molar-refractivity contribution in [1.29, 1.82) is 0 Å². The summed E-state index contributed by atoms with van der Waals surface area (Å²) in [5, 5.41) is 3.61. The molecule has 21 heavy (non-hydrogen) atoms. The van der Waals surface area contributed by atoms with Gasteiger partial charge in [0.1, 0.15) is 0 Å². The van der Waals surface area contributed by atoms with Crippen LogP contribution in [0.25, 0.3) is 0 Å². The molecule has 0 aliphatic heterocycles. The predicted octanol–water partition coefficient (Wildman–Crippen LogP) is 4.47. The summed E-state index contributed by atoms with van der Waals surface area (Å²) in [5.41, 5.74) is 8.95. The van der Waals surface area contributed by atoms with Crippen molar-refractivity contribution < 1.29 is 0 Å². The average molecular weight is 279 g/mol. The van der Waals surface area contributed by atoms with E-state index in [4.69, 9.17) is 0 Å². The summed E-state index contributed by atoms with van der Waals surface area (Å²) in [6, 6.07) is 13.3. The maximum Gasteiger partial charge on any atom is 0.0211 e. The van der Waals surface area contributed by atoms with E-state index in [1.54, 1.807) is 11.1 Å². The van der Waals surface area contributed by atoms with Crippen LogP contribution in [0.1, 0.15) is 46.2 Å². The fourth-order valence-corrected chi connectivity index (χ4v) is 3.39. The van der Waals surface area contributed by atoms with Gasteiger partial charge in [0.25, 0.3) is 0 Å². The van der Waals surface area contributed by atoms with Crippen LogP contribution in [0.4, 0.5) is 0 Å². The van der Waals surface area contributed by atoms with E-state index in [1.165, 1.54) is 47.9 Å². The van der Waals surface area contributed by atoms with E-state index in [2.05, 4.69) is 55.6 Å². The molecule has 0 spiro atoms. The Morgan fingerprint density at radius 3 is 2.48 bits per heavy atom. The second-order valence-corrected chi connectivity index (χ2v) is 6.22. The first-order valence-electron chi connectivity index (χ1n) is 8.11. The van der Waals surface area contributed by atoms with Crippen molar-refractivity contribution in [2.24, 2.45) is 0 Å². The largest absolute Gasteiger partial charge is 0.309 e. The van der Waals surface area contributed by atoms with Crippen molar-refractivity contribution in [2.45, 2.75) is 52.6 Å². The molecule has 1 aliphatic rings. The minimum atomic E-state index is 0.948. The van der Waals surface area contributed by atoms with E-state index in [0.29, 0.717) is 0 Å². The van der Waals surface area contributed by atoms with E-state index in [0.717, 1.165) is 13.1 Å². The zero-order valence-electron chi connectivity index (χ0n) is 13.2. The van der Waals surface area contributed by atoms with Crippen LogP contribution >= 0.6 is 0 Å². The SMILES string of the molecule is Cc1ccccc1CNCc1ccc2c(c1C)CCCC2. The van der Waals surface area contributed by atoms with Gasteiger partial charge in [-0.25, -0.2) is 0 Å². The first kappa shape index (κ1) is 14.3. The molecule has 0 saturated heterocycles. The van der Waals surface area contributed by atoms with E-state index in [-0.39, 0.29) is 0 Å². The first-order valence-corrected chi connectivity index (χ1v) is 8.11. The van der Waals surface area contributed by atoms with Gasteiger partial charge in [-0.1, -0.05) is 36.4 Å². The molecule has 0 amide bonds. The summed E-state index contributed by atoms with van der Waals surface area (Å²) >= 11 is 0. The summed E-state index contributed by atoms with van der Waals surface area (Å²) in [4.78, 5) is 0. The lowest BCUT2D eigenvalue weighted by Crippen LogP contribution is -2.16. The van der Waals surface area contributed by atoms with Gasteiger partial charge < -0.3 is 5.32 Å². The van der Waals surface area contributed by atoms with Crippen LogP contribution in [-0.2, 0) is 25.9 Å². The second kappa shape index (κ2) is 6.44. The maximum atomic E-state index is 3.61. The van der Waals surface area contributed by atoms with E-state index >= 15 is 0 Å². The molecule has 3 rings (SSSR count). The lowest BCUT2D eigenvalue weighted by Gasteiger charge is -2.20. The molecule has 1 aliphatic carbocycles. The third-order valence-electron chi connectivity index (χ3n) is 4.82. The molecule has 0 bridgehead atoms. The first-order chi connectivity index (χ1) is 10.3. The third kappa shape index (κ3) is 3.19. The van der Waals surface area contributed by atoms with Gasteiger partial charge in [0.2, 0.25) is 0 Å². The van der Waals surface area contributed by atoms with E-state index < -0.39 is 0 Å². The molecular weight excluding hydrogens is 254 g/mol. The van der Waals surface area contributed by atoms with Gasteiger partial charge in [-0.2, -0.15) is 0 Å². The molecule has 0 unspecified atom stereocenters. The van der Waals surface area contributed by atoms with Crippen molar-refractivity contribution in [3.05, 3.63) is 69.8 Å². The van der Waals surface area contributed by atoms with Crippen LogP contribution in [0.3, 0.4) is 0 Å². The van der Waals surface area contributed by atoms with Gasteiger partial charge >= 0.3 is 0 Å². The molecule has 0 atom stereocenters. The molecule has 2 aromatic carbocycles.